The van der Waals surface area contributed by atoms with Gasteiger partial charge in [0.1, 0.15) is 0 Å². The van der Waals surface area contributed by atoms with Gasteiger partial charge in [-0.1, -0.05) is 18.2 Å². The van der Waals surface area contributed by atoms with Crippen molar-refractivity contribution in [2.24, 2.45) is 5.41 Å². The molecule has 1 atom stereocenters. The number of amides is 1. The van der Waals surface area contributed by atoms with Crippen LogP contribution in [0.3, 0.4) is 0 Å². The molecule has 3 heterocycles. The number of para-hydroxylation sites is 1. The summed E-state index contributed by atoms with van der Waals surface area (Å²) >= 11 is 0. The number of fused-ring (bicyclic) bond motifs is 1. The van der Waals surface area contributed by atoms with Crippen LogP contribution in [0.25, 0.3) is 0 Å². The Labute approximate surface area is 132 Å². The van der Waals surface area contributed by atoms with E-state index in [1.165, 1.54) is 18.4 Å². The van der Waals surface area contributed by atoms with Gasteiger partial charge in [-0.05, 0) is 43.9 Å². The van der Waals surface area contributed by atoms with Crippen LogP contribution in [-0.4, -0.2) is 50.2 Å². The summed E-state index contributed by atoms with van der Waals surface area (Å²) < 4.78 is 5.62. The van der Waals surface area contributed by atoms with Crippen molar-refractivity contribution in [1.29, 1.82) is 0 Å². The molecule has 0 aromatic heterocycles. The highest BCUT2D eigenvalue weighted by molar-refractivity contribution is 5.96. The number of carbonyl (C=O) groups is 1. The van der Waals surface area contributed by atoms with Crippen LogP contribution in [0, 0.1) is 5.41 Å². The zero-order chi connectivity index (χ0) is 15.0. The summed E-state index contributed by atoms with van der Waals surface area (Å²) in [6.07, 6.45) is 4.58. The predicted octanol–water partition coefficient (Wildman–Crippen LogP) is 2.08. The number of likely N-dealkylation sites (tertiary alicyclic amines) is 1. The lowest BCUT2D eigenvalue weighted by Gasteiger charge is -2.39. The summed E-state index contributed by atoms with van der Waals surface area (Å²) in [5.74, 6) is 0.251. The molecule has 118 valence electrons. The normalized spacial score (nSPS) is 28.3. The van der Waals surface area contributed by atoms with Crippen LogP contribution in [-0.2, 0) is 16.0 Å². The van der Waals surface area contributed by atoms with Crippen LogP contribution < -0.4 is 4.90 Å². The second kappa shape index (κ2) is 5.67. The van der Waals surface area contributed by atoms with E-state index in [4.69, 9.17) is 4.74 Å². The van der Waals surface area contributed by atoms with Gasteiger partial charge in [-0.2, -0.15) is 0 Å². The maximum absolute atomic E-state index is 12.7. The summed E-state index contributed by atoms with van der Waals surface area (Å²) in [4.78, 5) is 17.1. The first-order valence-electron chi connectivity index (χ1n) is 8.44. The Bertz CT molecular complexity index is 566. The molecule has 0 saturated carbocycles. The maximum Gasteiger partial charge on any atom is 0.241 e. The fourth-order valence-corrected chi connectivity index (χ4v) is 4.29. The van der Waals surface area contributed by atoms with Crippen LogP contribution in [0.1, 0.15) is 24.8 Å². The first-order valence-corrected chi connectivity index (χ1v) is 8.44. The third-order valence-electron chi connectivity index (χ3n) is 5.47. The number of ether oxygens (including phenoxy) is 1. The zero-order valence-corrected chi connectivity index (χ0v) is 13.1. The summed E-state index contributed by atoms with van der Waals surface area (Å²) in [5.41, 5.74) is 2.74. The summed E-state index contributed by atoms with van der Waals surface area (Å²) in [7, 11) is 0. The number of rotatable bonds is 2. The molecule has 2 fully saturated rings. The van der Waals surface area contributed by atoms with Gasteiger partial charge in [0.2, 0.25) is 5.91 Å². The molecule has 1 aromatic carbocycles. The summed E-state index contributed by atoms with van der Waals surface area (Å²) in [6, 6.07) is 8.29. The molecule has 1 amide bonds. The van der Waals surface area contributed by atoms with Gasteiger partial charge in [0, 0.05) is 30.8 Å². The van der Waals surface area contributed by atoms with Gasteiger partial charge in [-0.3, -0.25) is 9.69 Å². The van der Waals surface area contributed by atoms with Crippen molar-refractivity contribution in [3.8, 4) is 0 Å². The van der Waals surface area contributed by atoms with E-state index in [0.29, 0.717) is 12.0 Å². The number of nitrogens with zero attached hydrogens (tertiary/aromatic N) is 2. The lowest BCUT2D eigenvalue weighted by Crippen LogP contribution is -2.48. The molecule has 1 spiro atoms. The standard InChI is InChI=1S/C18H24N2O2/c21-17(20-10-6-15-4-1-2-5-16(15)20)12-19-9-3-7-18(13-19)8-11-22-14-18/h1-2,4-5H,3,6-14H2/t18-/m0/s1. The quantitative estimate of drug-likeness (QED) is 0.838. The van der Waals surface area contributed by atoms with Crippen molar-refractivity contribution in [1.82, 2.24) is 4.90 Å². The Hall–Kier alpha value is -1.39. The molecule has 4 nitrogen and oxygen atoms in total. The van der Waals surface area contributed by atoms with Gasteiger partial charge in [0.15, 0.2) is 0 Å². The molecular formula is C18H24N2O2. The van der Waals surface area contributed by atoms with Gasteiger partial charge in [-0.15, -0.1) is 0 Å². The van der Waals surface area contributed by atoms with E-state index in [0.717, 1.165) is 51.4 Å². The highest BCUT2D eigenvalue weighted by atomic mass is 16.5. The molecule has 2 saturated heterocycles. The molecular weight excluding hydrogens is 276 g/mol. The molecule has 0 unspecified atom stereocenters. The molecule has 1 aromatic rings. The van der Waals surface area contributed by atoms with E-state index in [1.54, 1.807) is 0 Å². The molecule has 22 heavy (non-hydrogen) atoms. The van der Waals surface area contributed by atoms with E-state index in [9.17, 15) is 4.79 Å². The minimum absolute atomic E-state index is 0.251. The van der Waals surface area contributed by atoms with Crippen molar-refractivity contribution in [3.05, 3.63) is 29.8 Å². The van der Waals surface area contributed by atoms with Crippen LogP contribution in [0.15, 0.2) is 24.3 Å². The number of carbonyl (C=O) groups excluding carboxylic acids is 1. The van der Waals surface area contributed by atoms with E-state index < -0.39 is 0 Å². The highest BCUT2D eigenvalue weighted by Crippen LogP contribution is 2.37. The summed E-state index contributed by atoms with van der Waals surface area (Å²) in [6.45, 7) is 5.22. The molecule has 4 rings (SSSR count). The number of hydrogen-bond acceptors (Lipinski definition) is 3. The fraction of sp³-hybridized carbons (Fsp3) is 0.611. The Morgan fingerprint density at radius 2 is 2.14 bits per heavy atom. The molecule has 4 heteroatoms. The van der Waals surface area contributed by atoms with Crippen molar-refractivity contribution in [2.45, 2.75) is 25.7 Å². The second-order valence-electron chi connectivity index (χ2n) is 7.04. The third kappa shape index (κ3) is 2.55. The fourth-order valence-electron chi connectivity index (χ4n) is 4.29. The second-order valence-corrected chi connectivity index (χ2v) is 7.04. The minimum atomic E-state index is 0.251. The molecule has 0 radical (unpaired) electrons. The number of benzene rings is 1. The SMILES string of the molecule is O=C(CN1CCC[C@]2(CCOC2)C1)N1CCc2ccccc21. The highest BCUT2D eigenvalue weighted by Gasteiger charge is 2.39. The smallest absolute Gasteiger partial charge is 0.241 e. The van der Waals surface area contributed by atoms with Gasteiger partial charge >= 0.3 is 0 Å². The Kier molecular flexibility index (Phi) is 3.66. The maximum atomic E-state index is 12.7. The molecule has 3 aliphatic heterocycles. The van der Waals surface area contributed by atoms with Gasteiger partial charge < -0.3 is 9.64 Å². The Morgan fingerprint density at radius 1 is 1.23 bits per heavy atom. The number of anilines is 1. The Balaban J connectivity index is 1.42. The monoisotopic (exact) mass is 300 g/mol. The Morgan fingerprint density at radius 3 is 3.00 bits per heavy atom. The lowest BCUT2D eigenvalue weighted by atomic mass is 9.79. The van der Waals surface area contributed by atoms with Gasteiger partial charge in [0.25, 0.3) is 0 Å². The van der Waals surface area contributed by atoms with Crippen molar-refractivity contribution < 1.29 is 9.53 Å². The third-order valence-corrected chi connectivity index (χ3v) is 5.47. The first kappa shape index (κ1) is 14.2. The topological polar surface area (TPSA) is 32.8 Å². The van der Waals surface area contributed by atoms with Crippen molar-refractivity contribution in [2.75, 3.05) is 44.3 Å². The molecule has 0 N–H and O–H groups in total. The largest absolute Gasteiger partial charge is 0.381 e. The lowest BCUT2D eigenvalue weighted by molar-refractivity contribution is -0.120. The predicted molar refractivity (Wildman–Crippen MR) is 86.0 cm³/mol. The van der Waals surface area contributed by atoms with E-state index in [2.05, 4.69) is 23.1 Å². The molecule has 0 aliphatic carbocycles. The number of hydrogen-bond donors (Lipinski definition) is 0. The van der Waals surface area contributed by atoms with Gasteiger partial charge in [-0.25, -0.2) is 0 Å². The molecule has 0 bridgehead atoms. The van der Waals surface area contributed by atoms with Crippen LogP contribution >= 0.6 is 0 Å². The molecule has 3 aliphatic rings. The average molecular weight is 300 g/mol. The van der Waals surface area contributed by atoms with E-state index in [-0.39, 0.29) is 5.91 Å². The zero-order valence-electron chi connectivity index (χ0n) is 13.1. The van der Waals surface area contributed by atoms with E-state index in [1.807, 2.05) is 11.0 Å². The first-order chi connectivity index (χ1) is 10.8. The van der Waals surface area contributed by atoms with E-state index >= 15 is 0 Å². The number of piperidine rings is 1. The van der Waals surface area contributed by atoms with Gasteiger partial charge in [0.05, 0.1) is 13.2 Å². The summed E-state index contributed by atoms with van der Waals surface area (Å²) in [5, 5.41) is 0. The van der Waals surface area contributed by atoms with Crippen molar-refractivity contribution in [3.63, 3.8) is 0 Å². The average Bonchev–Trinajstić information content (AvgIpc) is 3.14. The van der Waals surface area contributed by atoms with Crippen LogP contribution in [0.2, 0.25) is 0 Å². The van der Waals surface area contributed by atoms with Crippen LogP contribution in [0.4, 0.5) is 5.69 Å². The van der Waals surface area contributed by atoms with Crippen LogP contribution in [0.5, 0.6) is 0 Å². The minimum Gasteiger partial charge on any atom is -0.381 e. The van der Waals surface area contributed by atoms with Crippen molar-refractivity contribution >= 4 is 11.6 Å².